The van der Waals surface area contributed by atoms with Gasteiger partial charge in [0.2, 0.25) is 0 Å². The van der Waals surface area contributed by atoms with E-state index in [1.165, 1.54) is 0 Å². The fourth-order valence-corrected chi connectivity index (χ4v) is 1.61. The topological polar surface area (TPSA) is 57.0 Å². The molecule has 1 aromatic heterocycles. The van der Waals surface area contributed by atoms with Crippen LogP contribution in [0.2, 0.25) is 0 Å². The summed E-state index contributed by atoms with van der Waals surface area (Å²) >= 11 is 1.73. The van der Waals surface area contributed by atoms with E-state index in [1.807, 2.05) is 27.0 Å². The number of ether oxygens (including phenoxy) is 1. The van der Waals surface area contributed by atoms with Crippen molar-refractivity contribution in [3.8, 4) is 0 Å². The molecule has 5 nitrogen and oxygen atoms in total. The fraction of sp³-hybridized carbons (Fsp3) is 0.727. The highest BCUT2D eigenvalue weighted by Gasteiger charge is 2.17. The van der Waals surface area contributed by atoms with Crippen molar-refractivity contribution in [1.82, 2.24) is 15.0 Å². The molecule has 1 rings (SSSR count). The molecule has 96 valence electrons. The van der Waals surface area contributed by atoms with Crippen LogP contribution in [-0.2, 0) is 11.3 Å². The number of aromatic nitrogens is 3. The largest absolute Gasteiger partial charge is 0.461 e. The zero-order valence-electron chi connectivity index (χ0n) is 10.8. The van der Waals surface area contributed by atoms with Crippen LogP contribution < -0.4 is 0 Å². The van der Waals surface area contributed by atoms with E-state index < -0.39 is 0 Å². The monoisotopic (exact) mass is 257 g/mol. The van der Waals surface area contributed by atoms with Crippen LogP contribution in [0.15, 0.2) is 0 Å². The number of hydrogen-bond donors (Lipinski definition) is 0. The van der Waals surface area contributed by atoms with Crippen molar-refractivity contribution in [2.24, 2.45) is 5.92 Å². The first kappa shape index (κ1) is 14.0. The summed E-state index contributed by atoms with van der Waals surface area (Å²) in [7, 11) is 0. The molecule has 0 aromatic carbocycles. The Kier molecular flexibility index (Phi) is 5.47. The maximum absolute atomic E-state index is 11.7. The second-order valence-corrected chi connectivity index (χ2v) is 5.22. The van der Waals surface area contributed by atoms with Crippen LogP contribution in [0.3, 0.4) is 0 Å². The number of carbonyl (C=O) groups is 1. The fourth-order valence-electron chi connectivity index (χ4n) is 1.25. The molecule has 0 atom stereocenters. The smallest absolute Gasteiger partial charge is 0.360 e. The van der Waals surface area contributed by atoms with E-state index in [0.29, 0.717) is 18.2 Å². The van der Waals surface area contributed by atoms with E-state index in [4.69, 9.17) is 4.74 Å². The molecule has 0 amide bonds. The molecule has 0 aliphatic heterocycles. The number of aryl methyl sites for hydroxylation is 1. The van der Waals surface area contributed by atoms with Gasteiger partial charge in [-0.3, -0.25) is 0 Å². The normalized spacial score (nSPS) is 10.9. The Labute approximate surface area is 106 Å². The van der Waals surface area contributed by atoms with E-state index in [-0.39, 0.29) is 5.97 Å². The minimum Gasteiger partial charge on any atom is -0.461 e. The van der Waals surface area contributed by atoms with Gasteiger partial charge < -0.3 is 4.74 Å². The molecular formula is C11H19N3O2S. The molecule has 0 aliphatic carbocycles. The first-order valence-corrected chi connectivity index (χ1v) is 7.01. The molecule has 0 unspecified atom stereocenters. The van der Waals surface area contributed by atoms with Gasteiger partial charge in [-0.1, -0.05) is 19.1 Å². The zero-order valence-corrected chi connectivity index (χ0v) is 11.6. The lowest BCUT2D eigenvalue weighted by Gasteiger charge is -2.06. The van der Waals surface area contributed by atoms with Gasteiger partial charge in [0.1, 0.15) is 0 Å². The van der Waals surface area contributed by atoms with Gasteiger partial charge in [-0.15, -0.1) is 5.10 Å². The third kappa shape index (κ3) is 4.03. The molecular weight excluding hydrogens is 238 g/mol. The molecule has 0 fully saturated rings. The number of hydrogen-bond acceptors (Lipinski definition) is 5. The van der Waals surface area contributed by atoms with E-state index in [0.717, 1.165) is 18.0 Å². The second kappa shape index (κ2) is 6.64. The van der Waals surface area contributed by atoms with Crippen molar-refractivity contribution >= 4 is 17.7 Å². The number of thioether (sulfide) groups is 1. The first-order chi connectivity index (χ1) is 8.06. The van der Waals surface area contributed by atoms with Crippen molar-refractivity contribution in [3.63, 3.8) is 0 Å². The Morgan fingerprint density at radius 3 is 2.82 bits per heavy atom. The van der Waals surface area contributed by atoms with Gasteiger partial charge in [-0.05, 0) is 19.1 Å². The highest BCUT2D eigenvalue weighted by Crippen LogP contribution is 2.07. The number of rotatable bonds is 6. The summed E-state index contributed by atoms with van der Waals surface area (Å²) in [5.41, 5.74) is 1.10. The van der Waals surface area contributed by atoms with E-state index in [2.05, 4.69) is 10.3 Å². The molecule has 0 spiro atoms. The van der Waals surface area contributed by atoms with Crippen molar-refractivity contribution in [2.75, 3.05) is 18.6 Å². The van der Waals surface area contributed by atoms with Crippen LogP contribution >= 0.6 is 11.8 Å². The standard InChI is InChI=1S/C11H19N3O2S/c1-8(2)7-16-11(15)10-9(3)14(13-12-10)5-6-17-4/h8H,5-7H2,1-4H3. The predicted molar refractivity (Wildman–Crippen MR) is 68.3 cm³/mol. The third-order valence-corrected chi connectivity index (χ3v) is 2.82. The first-order valence-electron chi connectivity index (χ1n) is 5.62. The summed E-state index contributed by atoms with van der Waals surface area (Å²) in [5.74, 6) is 0.891. The lowest BCUT2D eigenvalue weighted by molar-refractivity contribution is 0.0451. The molecule has 1 heterocycles. The average Bonchev–Trinajstić information content (AvgIpc) is 2.65. The van der Waals surface area contributed by atoms with Crippen LogP contribution in [0.5, 0.6) is 0 Å². The quantitative estimate of drug-likeness (QED) is 0.727. The predicted octanol–water partition coefficient (Wildman–Crippen LogP) is 1.76. The van der Waals surface area contributed by atoms with Gasteiger partial charge in [-0.25, -0.2) is 9.48 Å². The van der Waals surface area contributed by atoms with E-state index >= 15 is 0 Å². The molecule has 6 heteroatoms. The Bertz CT molecular complexity index is 377. The van der Waals surface area contributed by atoms with Crippen LogP contribution in [0.4, 0.5) is 0 Å². The Morgan fingerprint density at radius 2 is 2.24 bits per heavy atom. The number of carbonyl (C=O) groups excluding carboxylic acids is 1. The van der Waals surface area contributed by atoms with Gasteiger partial charge in [-0.2, -0.15) is 11.8 Å². The van der Waals surface area contributed by atoms with Crippen LogP contribution in [0.25, 0.3) is 0 Å². The minimum absolute atomic E-state index is 0.325. The molecule has 0 radical (unpaired) electrons. The van der Waals surface area contributed by atoms with Gasteiger partial charge in [0.15, 0.2) is 5.69 Å². The van der Waals surface area contributed by atoms with E-state index in [9.17, 15) is 4.79 Å². The summed E-state index contributed by atoms with van der Waals surface area (Å²) in [6.45, 7) is 7.00. The Balaban J connectivity index is 2.64. The maximum Gasteiger partial charge on any atom is 0.360 e. The highest BCUT2D eigenvalue weighted by molar-refractivity contribution is 7.98. The molecule has 0 bridgehead atoms. The maximum atomic E-state index is 11.7. The summed E-state index contributed by atoms with van der Waals surface area (Å²) in [5, 5.41) is 7.83. The Hall–Kier alpha value is -1.04. The van der Waals surface area contributed by atoms with Crippen molar-refractivity contribution < 1.29 is 9.53 Å². The van der Waals surface area contributed by atoms with Crippen LogP contribution in [0.1, 0.15) is 30.0 Å². The molecule has 0 saturated carbocycles. The summed E-state index contributed by atoms with van der Waals surface area (Å²) < 4.78 is 6.87. The molecule has 0 saturated heterocycles. The Morgan fingerprint density at radius 1 is 1.53 bits per heavy atom. The summed E-state index contributed by atoms with van der Waals surface area (Å²) in [6.07, 6.45) is 2.03. The lowest BCUT2D eigenvalue weighted by atomic mass is 10.2. The minimum atomic E-state index is -0.383. The van der Waals surface area contributed by atoms with Gasteiger partial charge in [0.25, 0.3) is 0 Å². The van der Waals surface area contributed by atoms with Crippen molar-refractivity contribution in [3.05, 3.63) is 11.4 Å². The van der Waals surface area contributed by atoms with Crippen LogP contribution in [-0.4, -0.2) is 39.6 Å². The second-order valence-electron chi connectivity index (χ2n) is 4.23. The molecule has 1 aromatic rings. The highest BCUT2D eigenvalue weighted by atomic mass is 32.2. The third-order valence-electron chi connectivity index (χ3n) is 2.23. The van der Waals surface area contributed by atoms with Crippen LogP contribution in [0, 0.1) is 12.8 Å². The lowest BCUT2D eigenvalue weighted by Crippen LogP contribution is -2.12. The van der Waals surface area contributed by atoms with Gasteiger partial charge in [0.05, 0.1) is 18.8 Å². The van der Waals surface area contributed by atoms with Crippen molar-refractivity contribution in [2.45, 2.75) is 27.3 Å². The molecule has 17 heavy (non-hydrogen) atoms. The molecule has 0 N–H and O–H groups in total. The average molecular weight is 257 g/mol. The SMILES string of the molecule is CSCCn1nnc(C(=O)OCC(C)C)c1C. The number of nitrogens with zero attached hydrogens (tertiary/aromatic N) is 3. The van der Waals surface area contributed by atoms with Gasteiger partial charge >= 0.3 is 5.97 Å². The molecule has 0 aliphatic rings. The summed E-state index contributed by atoms with van der Waals surface area (Å²) in [4.78, 5) is 11.7. The number of esters is 1. The van der Waals surface area contributed by atoms with E-state index in [1.54, 1.807) is 16.4 Å². The zero-order chi connectivity index (χ0) is 12.8. The summed E-state index contributed by atoms with van der Waals surface area (Å²) in [6, 6.07) is 0. The van der Waals surface area contributed by atoms with Gasteiger partial charge in [0, 0.05) is 5.75 Å². The van der Waals surface area contributed by atoms with Crippen molar-refractivity contribution in [1.29, 1.82) is 0 Å².